The molecule has 1 aromatic heterocycles. The molecule has 0 aliphatic carbocycles. The van der Waals surface area contributed by atoms with Crippen LogP contribution in [0.15, 0.2) is 28.8 Å². The van der Waals surface area contributed by atoms with Crippen LogP contribution in [0, 0.1) is 0 Å². The maximum atomic E-state index is 12.8. The van der Waals surface area contributed by atoms with E-state index in [-0.39, 0.29) is 5.82 Å². The topological polar surface area (TPSA) is 68.0 Å². The minimum Gasteiger partial charge on any atom is -0.331 e. The van der Waals surface area contributed by atoms with Gasteiger partial charge < -0.3 is 9.09 Å². The van der Waals surface area contributed by atoms with Crippen LogP contribution in [0.2, 0.25) is 0 Å². The molecule has 0 spiro atoms. The van der Waals surface area contributed by atoms with E-state index in [1.807, 2.05) is 0 Å². The minimum absolute atomic E-state index is 0.0187. The van der Waals surface area contributed by atoms with Gasteiger partial charge in [-0.05, 0) is 24.2 Å². The molecule has 0 aliphatic rings. The van der Waals surface area contributed by atoms with Crippen LogP contribution in [0.25, 0.3) is 11.4 Å². The molecule has 0 fully saturated rings. The van der Waals surface area contributed by atoms with Gasteiger partial charge in [0.15, 0.2) is 0 Å². The molecule has 0 amide bonds. The number of hydrogen-bond acceptors (Lipinski definition) is 4. The second kappa shape index (κ2) is 5.83. The first-order valence-electron chi connectivity index (χ1n) is 5.97. The highest BCUT2D eigenvalue weighted by Crippen LogP contribution is 2.39. The predicted octanol–water partition coefficient (Wildman–Crippen LogP) is 3.65. The molecule has 0 bridgehead atoms. The molecule has 0 aliphatic heterocycles. The number of alkyl halides is 3. The first-order chi connectivity index (χ1) is 9.71. The van der Waals surface area contributed by atoms with Crippen LogP contribution in [0.1, 0.15) is 11.5 Å². The van der Waals surface area contributed by atoms with Crippen LogP contribution < -0.4 is 5.09 Å². The van der Waals surface area contributed by atoms with Crippen LogP contribution in [0.4, 0.5) is 8.78 Å². The van der Waals surface area contributed by atoms with Crippen molar-refractivity contribution in [2.75, 3.05) is 13.7 Å². The number of aromatic nitrogens is 2. The third-order valence-electron chi connectivity index (χ3n) is 2.84. The number of nitrogens with zero attached hydrogens (tertiary/aromatic N) is 2. The SMILES string of the molecule is CNP(C)(=O)Cc1ccc(-c2noc(C(F)(F)Cl)n2)cc1. The zero-order valence-corrected chi connectivity index (χ0v) is 13.0. The van der Waals surface area contributed by atoms with Gasteiger partial charge in [0, 0.05) is 18.4 Å². The summed E-state index contributed by atoms with van der Waals surface area (Å²) in [5.74, 6) is -0.929. The van der Waals surface area contributed by atoms with E-state index in [4.69, 9.17) is 11.6 Å². The van der Waals surface area contributed by atoms with Crippen molar-refractivity contribution in [3.63, 3.8) is 0 Å². The minimum atomic E-state index is -3.69. The summed E-state index contributed by atoms with van der Waals surface area (Å²) >= 11 is 4.81. The van der Waals surface area contributed by atoms with E-state index in [2.05, 4.69) is 19.8 Å². The van der Waals surface area contributed by atoms with Crippen molar-refractivity contribution in [3.05, 3.63) is 35.7 Å². The standard InChI is InChI=1S/C12H13ClF2N3O2P/c1-16-21(2,19)7-8-3-5-9(6-4-8)10-17-11(20-18-10)12(13,14)15/h3-6H,7H2,1-2H3,(H,16,19). The molecule has 2 rings (SSSR count). The maximum Gasteiger partial charge on any atom is 0.400 e. The smallest absolute Gasteiger partial charge is 0.331 e. The zero-order chi connectivity index (χ0) is 15.7. The highest BCUT2D eigenvalue weighted by atomic mass is 35.5. The third-order valence-corrected chi connectivity index (χ3v) is 4.91. The summed E-state index contributed by atoms with van der Waals surface area (Å²) in [6.07, 6.45) is 0.390. The Kier molecular flexibility index (Phi) is 4.46. The van der Waals surface area contributed by atoms with Crippen molar-refractivity contribution in [1.29, 1.82) is 0 Å². The number of rotatable bonds is 5. The highest BCUT2D eigenvalue weighted by Gasteiger charge is 2.35. The number of hydrogen-bond donors (Lipinski definition) is 1. The molecule has 0 saturated heterocycles. The fourth-order valence-electron chi connectivity index (χ4n) is 1.64. The van der Waals surface area contributed by atoms with Gasteiger partial charge in [-0.25, -0.2) is 0 Å². The lowest BCUT2D eigenvalue weighted by atomic mass is 10.1. The number of halogens is 3. The average molecular weight is 336 g/mol. The van der Waals surface area contributed by atoms with Crippen molar-refractivity contribution >= 4 is 18.9 Å². The molecular formula is C12H13ClF2N3O2P. The van der Waals surface area contributed by atoms with E-state index < -0.39 is 18.6 Å². The zero-order valence-electron chi connectivity index (χ0n) is 11.3. The van der Waals surface area contributed by atoms with Crippen LogP contribution in [0.5, 0.6) is 0 Å². The largest absolute Gasteiger partial charge is 0.400 e. The second-order valence-electron chi connectivity index (χ2n) is 4.60. The monoisotopic (exact) mass is 335 g/mol. The molecule has 1 heterocycles. The van der Waals surface area contributed by atoms with Gasteiger partial charge in [-0.1, -0.05) is 29.4 Å². The quantitative estimate of drug-likeness (QED) is 0.667. The molecule has 0 radical (unpaired) electrons. The Morgan fingerprint density at radius 3 is 2.48 bits per heavy atom. The predicted molar refractivity (Wildman–Crippen MR) is 75.8 cm³/mol. The Balaban J connectivity index is 2.19. The fourth-order valence-corrected chi connectivity index (χ4v) is 2.79. The number of nitrogens with one attached hydrogen (secondary N) is 1. The Labute approximate surface area is 125 Å². The van der Waals surface area contributed by atoms with Gasteiger partial charge in [-0.2, -0.15) is 13.8 Å². The van der Waals surface area contributed by atoms with Gasteiger partial charge >= 0.3 is 11.3 Å². The molecule has 5 nitrogen and oxygen atoms in total. The van der Waals surface area contributed by atoms with E-state index in [1.54, 1.807) is 38.0 Å². The molecule has 114 valence electrons. The molecule has 1 aromatic carbocycles. The van der Waals surface area contributed by atoms with Crippen LogP contribution in [0.3, 0.4) is 0 Å². The molecule has 1 unspecified atom stereocenters. The van der Waals surface area contributed by atoms with E-state index >= 15 is 0 Å². The van der Waals surface area contributed by atoms with Crippen molar-refractivity contribution in [2.45, 2.75) is 11.5 Å². The first kappa shape index (κ1) is 16.1. The van der Waals surface area contributed by atoms with Crippen LogP contribution >= 0.6 is 18.9 Å². The maximum absolute atomic E-state index is 12.8. The Morgan fingerprint density at radius 1 is 1.38 bits per heavy atom. The Morgan fingerprint density at radius 2 is 2.00 bits per heavy atom. The van der Waals surface area contributed by atoms with Crippen LogP contribution in [-0.4, -0.2) is 23.9 Å². The molecule has 2 aromatic rings. The summed E-state index contributed by atoms with van der Waals surface area (Å²) in [7, 11) is -0.776. The Hall–Kier alpha value is -1.30. The summed E-state index contributed by atoms with van der Waals surface area (Å²) < 4.78 is 42.0. The van der Waals surface area contributed by atoms with E-state index in [0.717, 1.165) is 5.56 Å². The molecule has 1 N–H and O–H groups in total. The van der Waals surface area contributed by atoms with Gasteiger partial charge in [-0.3, -0.25) is 5.09 Å². The lowest BCUT2D eigenvalue weighted by Crippen LogP contribution is -2.03. The summed E-state index contributed by atoms with van der Waals surface area (Å²) in [5, 5.41) is 2.54. The van der Waals surface area contributed by atoms with Gasteiger partial charge in [0.05, 0.1) is 0 Å². The van der Waals surface area contributed by atoms with Crippen molar-refractivity contribution < 1.29 is 17.9 Å². The van der Waals surface area contributed by atoms with Gasteiger partial charge in [0.2, 0.25) is 5.82 Å². The second-order valence-corrected chi connectivity index (χ2v) is 8.04. The van der Waals surface area contributed by atoms with Gasteiger partial charge in [0.25, 0.3) is 0 Å². The van der Waals surface area contributed by atoms with Crippen molar-refractivity contribution in [3.8, 4) is 11.4 Å². The summed E-state index contributed by atoms with van der Waals surface area (Å²) in [5.41, 5.74) is 1.36. The average Bonchev–Trinajstić information content (AvgIpc) is 2.89. The lowest BCUT2D eigenvalue weighted by Gasteiger charge is -2.11. The van der Waals surface area contributed by atoms with E-state index in [1.165, 1.54) is 0 Å². The fraction of sp³-hybridized carbons (Fsp3) is 0.333. The van der Waals surface area contributed by atoms with Gasteiger partial charge in [0.1, 0.15) is 7.29 Å². The first-order valence-corrected chi connectivity index (χ1v) is 8.69. The Bertz CT molecular complexity index is 670. The molecule has 1 atom stereocenters. The van der Waals surface area contributed by atoms with Crippen molar-refractivity contribution in [2.24, 2.45) is 0 Å². The molecule has 9 heteroatoms. The molecular weight excluding hydrogens is 323 g/mol. The third kappa shape index (κ3) is 4.09. The highest BCUT2D eigenvalue weighted by molar-refractivity contribution is 7.60. The number of benzene rings is 1. The van der Waals surface area contributed by atoms with E-state index in [9.17, 15) is 13.3 Å². The molecule has 0 saturated carbocycles. The summed E-state index contributed by atoms with van der Waals surface area (Å²) in [4.78, 5) is 3.55. The summed E-state index contributed by atoms with van der Waals surface area (Å²) in [6, 6.07) is 6.76. The van der Waals surface area contributed by atoms with Crippen molar-refractivity contribution in [1.82, 2.24) is 15.2 Å². The van der Waals surface area contributed by atoms with Crippen LogP contribution in [-0.2, 0) is 16.1 Å². The normalized spacial score (nSPS) is 14.9. The molecule has 21 heavy (non-hydrogen) atoms. The van der Waals surface area contributed by atoms with E-state index in [0.29, 0.717) is 11.7 Å². The lowest BCUT2D eigenvalue weighted by molar-refractivity contribution is 0.0551. The summed E-state index contributed by atoms with van der Waals surface area (Å²) in [6.45, 7) is 1.65. The van der Waals surface area contributed by atoms with Gasteiger partial charge in [-0.15, -0.1) is 0 Å².